The topological polar surface area (TPSA) is 56.8 Å². The van der Waals surface area contributed by atoms with Gasteiger partial charge in [0, 0.05) is 0 Å². The lowest BCUT2D eigenvalue weighted by atomic mass is 9.77. The first-order chi connectivity index (χ1) is 10.6. The average Bonchev–Trinajstić information content (AvgIpc) is 2.99. The fourth-order valence-corrected chi connectivity index (χ4v) is 9.09. The van der Waals surface area contributed by atoms with Crippen molar-refractivity contribution >= 4 is 26.5 Å². The SMILES string of the molecule is C[Si](C)(C)c1cc2c(cc1[Si](C)(C)C)[C@@H]1O[C@H]2[C@@H](C#N)[C@@H]1C#N. The maximum atomic E-state index is 9.46. The predicted molar refractivity (Wildman–Crippen MR) is 97.2 cm³/mol. The molecule has 3 nitrogen and oxygen atoms in total. The van der Waals surface area contributed by atoms with Gasteiger partial charge in [0.2, 0.25) is 0 Å². The summed E-state index contributed by atoms with van der Waals surface area (Å²) in [6.45, 7) is 14.3. The number of hydrogen-bond donors (Lipinski definition) is 0. The van der Waals surface area contributed by atoms with Gasteiger partial charge in [0.25, 0.3) is 0 Å². The summed E-state index contributed by atoms with van der Waals surface area (Å²) in [6, 6.07) is 9.29. The molecule has 0 spiro atoms. The van der Waals surface area contributed by atoms with Crippen molar-refractivity contribution in [2.75, 3.05) is 0 Å². The second kappa shape index (κ2) is 5.04. The van der Waals surface area contributed by atoms with Gasteiger partial charge in [0.1, 0.15) is 12.2 Å². The largest absolute Gasteiger partial charge is 0.363 e. The Hall–Kier alpha value is -1.41. The minimum absolute atomic E-state index is 0.213. The molecule has 0 radical (unpaired) electrons. The zero-order valence-corrected chi connectivity index (χ0v) is 16.8. The van der Waals surface area contributed by atoms with E-state index in [0.29, 0.717) is 0 Å². The maximum Gasteiger partial charge on any atom is 0.101 e. The minimum Gasteiger partial charge on any atom is -0.363 e. The third kappa shape index (κ3) is 2.39. The lowest BCUT2D eigenvalue weighted by molar-refractivity contribution is 0.0611. The van der Waals surface area contributed by atoms with Gasteiger partial charge >= 0.3 is 0 Å². The second-order valence-corrected chi connectivity index (χ2v) is 18.9. The molecule has 0 aliphatic carbocycles. The van der Waals surface area contributed by atoms with Crippen LogP contribution in [0.15, 0.2) is 12.1 Å². The minimum atomic E-state index is -1.48. The van der Waals surface area contributed by atoms with E-state index >= 15 is 0 Å². The van der Waals surface area contributed by atoms with Gasteiger partial charge in [-0.05, 0) is 11.1 Å². The van der Waals surface area contributed by atoms with Crippen molar-refractivity contribution in [3.63, 3.8) is 0 Å². The molecular weight excluding hydrogens is 316 g/mol. The van der Waals surface area contributed by atoms with Gasteiger partial charge in [-0.2, -0.15) is 10.5 Å². The quantitative estimate of drug-likeness (QED) is 0.777. The molecule has 0 N–H and O–H groups in total. The van der Waals surface area contributed by atoms with Crippen LogP contribution in [0.3, 0.4) is 0 Å². The number of nitrogens with zero attached hydrogens (tertiary/aromatic N) is 2. The highest BCUT2D eigenvalue weighted by Crippen LogP contribution is 2.56. The summed E-state index contributed by atoms with van der Waals surface area (Å²) in [7, 11) is -2.97. The van der Waals surface area contributed by atoms with Crippen molar-refractivity contribution in [1.82, 2.24) is 0 Å². The highest BCUT2D eigenvalue weighted by atomic mass is 28.3. The van der Waals surface area contributed by atoms with Crippen LogP contribution in [0.25, 0.3) is 0 Å². The fraction of sp³-hybridized carbons (Fsp3) is 0.556. The highest BCUT2D eigenvalue weighted by Gasteiger charge is 2.53. The van der Waals surface area contributed by atoms with E-state index in [0.717, 1.165) is 0 Å². The van der Waals surface area contributed by atoms with E-state index in [1.165, 1.54) is 21.5 Å². The molecule has 1 saturated heterocycles. The van der Waals surface area contributed by atoms with Crippen LogP contribution in [-0.2, 0) is 4.74 Å². The zero-order chi connectivity index (χ0) is 17.2. The first-order valence-corrected chi connectivity index (χ1v) is 15.2. The Kier molecular flexibility index (Phi) is 3.61. The Labute approximate surface area is 140 Å². The van der Waals surface area contributed by atoms with E-state index < -0.39 is 16.1 Å². The summed E-state index contributed by atoms with van der Waals surface area (Å²) in [5.74, 6) is -0.658. The summed E-state index contributed by atoms with van der Waals surface area (Å²) in [5.41, 5.74) is 2.35. The molecule has 1 aromatic rings. The van der Waals surface area contributed by atoms with Gasteiger partial charge in [0.15, 0.2) is 0 Å². The summed E-state index contributed by atoms with van der Waals surface area (Å²) in [5, 5.41) is 21.9. The Morgan fingerprint density at radius 3 is 1.39 bits per heavy atom. The third-order valence-electron chi connectivity index (χ3n) is 5.08. The van der Waals surface area contributed by atoms with Gasteiger partial charge in [-0.25, -0.2) is 0 Å². The van der Waals surface area contributed by atoms with E-state index in [-0.39, 0.29) is 24.0 Å². The van der Waals surface area contributed by atoms with Crippen LogP contribution in [0.1, 0.15) is 23.3 Å². The van der Waals surface area contributed by atoms with Gasteiger partial charge in [0.05, 0.1) is 40.1 Å². The normalized spacial score (nSPS) is 29.0. The third-order valence-corrected chi connectivity index (χ3v) is 9.39. The molecule has 2 bridgehead atoms. The van der Waals surface area contributed by atoms with E-state index in [2.05, 4.69) is 63.6 Å². The van der Waals surface area contributed by atoms with Crippen LogP contribution in [0.2, 0.25) is 39.3 Å². The molecule has 1 fully saturated rings. The fourth-order valence-electron chi connectivity index (χ4n) is 3.90. The number of fused-ring (bicyclic) bond motifs is 5. The van der Waals surface area contributed by atoms with Gasteiger partial charge in [-0.1, -0.05) is 61.8 Å². The molecule has 3 rings (SSSR count). The van der Waals surface area contributed by atoms with Crippen LogP contribution in [0.5, 0.6) is 0 Å². The summed E-state index contributed by atoms with van der Waals surface area (Å²) >= 11 is 0. The molecule has 0 unspecified atom stereocenters. The molecule has 2 aliphatic rings. The molecule has 0 aromatic heterocycles. The number of benzene rings is 1. The van der Waals surface area contributed by atoms with E-state index in [9.17, 15) is 10.5 Å². The van der Waals surface area contributed by atoms with Crippen molar-refractivity contribution < 1.29 is 4.74 Å². The molecule has 2 heterocycles. The predicted octanol–water partition coefficient (Wildman–Crippen LogP) is 3.18. The van der Waals surface area contributed by atoms with Crippen molar-refractivity contribution in [2.45, 2.75) is 51.5 Å². The standard InChI is InChI=1S/C18H24N2OSi2/c1-22(2,3)15-7-11-12(8-16(15)23(4,5)6)18-14(10-20)13(9-19)17(11)21-18/h7-8,13-14,17-18H,1-6H3/t13-,14-,17-,18+/m0/s1. The molecule has 1 aromatic carbocycles. The molecule has 2 aliphatic heterocycles. The maximum absolute atomic E-state index is 9.46. The second-order valence-electron chi connectivity index (χ2n) is 8.81. The van der Waals surface area contributed by atoms with Crippen LogP contribution in [-0.4, -0.2) is 16.1 Å². The number of ether oxygens (including phenoxy) is 1. The van der Waals surface area contributed by atoms with Crippen LogP contribution < -0.4 is 10.4 Å². The van der Waals surface area contributed by atoms with Crippen molar-refractivity contribution in [2.24, 2.45) is 11.8 Å². The lowest BCUT2D eigenvalue weighted by Crippen LogP contribution is -2.56. The van der Waals surface area contributed by atoms with Crippen LogP contribution >= 0.6 is 0 Å². The van der Waals surface area contributed by atoms with Gasteiger partial charge in [-0.15, -0.1) is 0 Å². The Balaban J connectivity index is 2.23. The molecule has 0 amide bonds. The summed E-state index contributed by atoms with van der Waals surface area (Å²) < 4.78 is 6.07. The van der Waals surface area contributed by atoms with Gasteiger partial charge in [-0.3, -0.25) is 0 Å². The number of hydrogen-bond acceptors (Lipinski definition) is 3. The van der Waals surface area contributed by atoms with Crippen LogP contribution in [0, 0.1) is 34.5 Å². The Morgan fingerprint density at radius 2 is 1.13 bits per heavy atom. The highest BCUT2D eigenvalue weighted by molar-refractivity contribution is 6.98. The Bertz CT molecular complexity index is 683. The van der Waals surface area contributed by atoms with Crippen molar-refractivity contribution in [3.05, 3.63) is 23.3 Å². The Morgan fingerprint density at radius 1 is 0.783 bits per heavy atom. The van der Waals surface area contributed by atoms with Gasteiger partial charge < -0.3 is 4.74 Å². The lowest BCUT2D eigenvalue weighted by Gasteiger charge is -2.31. The molecule has 4 atom stereocenters. The first-order valence-electron chi connectivity index (χ1n) is 8.23. The van der Waals surface area contributed by atoms with E-state index in [1.54, 1.807) is 0 Å². The van der Waals surface area contributed by atoms with Crippen molar-refractivity contribution in [1.29, 1.82) is 10.5 Å². The monoisotopic (exact) mass is 340 g/mol. The average molecular weight is 341 g/mol. The molecule has 120 valence electrons. The number of nitriles is 2. The molecule has 23 heavy (non-hydrogen) atoms. The summed E-state index contributed by atoms with van der Waals surface area (Å²) in [6.07, 6.45) is -0.425. The molecular formula is C18H24N2OSi2. The van der Waals surface area contributed by atoms with Crippen molar-refractivity contribution in [3.8, 4) is 12.1 Å². The van der Waals surface area contributed by atoms with E-state index in [1.807, 2.05) is 0 Å². The smallest absolute Gasteiger partial charge is 0.101 e. The van der Waals surface area contributed by atoms with E-state index in [4.69, 9.17) is 4.74 Å². The molecule has 5 heteroatoms. The van der Waals surface area contributed by atoms with Crippen LogP contribution in [0.4, 0.5) is 0 Å². The molecule has 0 saturated carbocycles. The first kappa shape index (κ1) is 16.5. The number of rotatable bonds is 2. The summed E-state index contributed by atoms with van der Waals surface area (Å²) in [4.78, 5) is 0. The zero-order valence-electron chi connectivity index (χ0n) is 14.8.